The Morgan fingerprint density at radius 1 is 1.17 bits per heavy atom. The fourth-order valence-electron chi connectivity index (χ4n) is 1.72. The van der Waals surface area contributed by atoms with Crippen molar-refractivity contribution in [1.82, 2.24) is 5.32 Å². The molecule has 0 unspecified atom stereocenters. The van der Waals surface area contributed by atoms with Crippen molar-refractivity contribution in [2.24, 2.45) is 0 Å². The number of rotatable bonds is 5. The summed E-state index contributed by atoms with van der Waals surface area (Å²) in [5.41, 5.74) is 1.90. The number of nitrogens with one attached hydrogen (secondary N) is 2. The second-order valence-corrected chi connectivity index (χ2v) is 4.02. The Bertz CT molecular complexity index is 506. The average molecular weight is 244 g/mol. The zero-order chi connectivity index (χ0) is 12.8. The molecule has 0 saturated heterocycles. The predicted molar refractivity (Wildman–Crippen MR) is 70.0 cm³/mol. The van der Waals surface area contributed by atoms with Crippen LogP contribution in [0, 0.1) is 0 Å². The number of amides is 1. The topological polar surface area (TPSA) is 54.3 Å². The molecule has 1 amide bonds. The van der Waals surface area contributed by atoms with E-state index in [4.69, 9.17) is 4.42 Å². The van der Waals surface area contributed by atoms with Crippen LogP contribution in [-0.4, -0.2) is 5.91 Å². The second kappa shape index (κ2) is 6.02. The van der Waals surface area contributed by atoms with Gasteiger partial charge in [0.25, 0.3) is 0 Å². The highest BCUT2D eigenvalue weighted by atomic mass is 16.3. The van der Waals surface area contributed by atoms with Crippen LogP contribution in [0.3, 0.4) is 0 Å². The largest absolute Gasteiger partial charge is 0.468 e. The lowest BCUT2D eigenvalue weighted by molar-refractivity contribution is -0.114. The molecule has 94 valence electrons. The molecule has 4 nitrogen and oxygen atoms in total. The summed E-state index contributed by atoms with van der Waals surface area (Å²) in [6.45, 7) is 2.85. The van der Waals surface area contributed by atoms with Crippen LogP contribution in [-0.2, 0) is 17.9 Å². The molecule has 0 aliphatic carbocycles. The van der Waals surface area contributed by atoms with Gasteiger partial charge in [-0.2, -0.15) is 0 Å². The number of carbonyl (C=O) groups excluding carboxylic acids is 1. The Labute approximate surface area is 106 Å². The standard InChI is InChI=1S/C14H16N2O2/c1-11(17)16-14-7-3-2-5-12(14)9-15-10-13-6-4-8-18-13/h2-8,15H,9-10H2,1H3,(H,16,17). The maximum Gasteiger partial charge on any atom is 0.221 e. The highest BCUT2D eigenvalue weighted by Gasteiger charge is 2.03. The third kappa shape index (κ3) is 3.46. The van der Waals surface area contributed by atoms with E-state index in [0.717, 1.165) is 17.0 Å². The molecule has 2 N–H and O–H groups in total. The Morgan fingerprint density at radius 3 is 2.72 bits per heavy atom. The van der Waals surface area contributed by atoms with Gasteiger partial charge >= 0.3 is 0 Å². The minimum absolute atomic E-state index is 0.0616. The third-order valence-corrected chi connectivity index (χ3v) is 2.52. The molecule has 0 aliphatic rings. The summed E-state index contributed by atoms with van der Waals surface area (Å²) in [7, 11) is 0. The van der Waals surface area contributed by atoms with Gasteiger partial charge < -0.3 is 15.1 Å². The Balaban J connectivity index is 1.94. The normalized spacial score (nSPS) is 10.3. The van der Waals surface area contributed by atoms with E-state index < -0.39 is 0 Å². The summed E-state index contributed by atoms with van der Waals surface area (Å²) in [4.78, 5) is 11.1. The molecule has 1 aromatic carbocycles. The summed E-state index contributed by atoms with van der Waals surface area (Å²) in [5, 5.41) is 6.09. The molecule has 1 heterocycles. The molecule has 0 fully saturated rings. The lowest BCUT2D eigenvalue weighted by Crippen LogP contribution is -2.15. The average Bonchev–Trinajstić information content (AvgIpc) is 2.84. The van der Waals surface area contributed by atoms with Gasteiger partial charge in [-0.3, -0.25) is 4.79 Å². The lowest BCUT2D eigenvalue weighted by Gasteiger charge is -2.10. The van der Waals surface area contributed by atoms with Crippen LogP contribution in [0.25, 0.3) is 0 Å². The second-order valence-electron chi connectivity index (χ2n) is 4.02. The highest BCUT2D eigenvalue weighted by Crippen LogP contribution is 2.14. The summed E-state index contributed by atoms with van der Waals surface area (Å²) in [6, 6.07) is 11.5. The molecule has 0 atom stereocenters. The van der Waals surface area contributed by atoms with Crippen LogP contribution < -0.4 is 10.6 Å². The zero-order valence-electron chi connectivity index (χ0n) is 10.3. The molecule has 18 heavy (non-hydrogen) atoms. The quantitative estimate of drug-likeness (QED) is 0.849. The maximum atomic E-state index is 11.1. The molecular weight excluding hydrogens is 228 g/mol. The SMILES string of the molecule is CC(=O)Nc1ccccc1CNCc1ccco1. The van der Waals surface area contributed by atoms with Crippen molar-refractivity contribution < 1.29 is 9.21 Å². The first-order valence-electron chi connectivity index (χ1n) is 5.84. The number of furan rings is 1. The molecule has 0 bridgehead atoms. The van der Waals surface area contributed by atoms with E-state index in [9.17, 15) is 4.79 Å². The van der Waals surface area contributed by atoms with Crippen LogP contribution in [0.4, 0.5) is 5.69 Å². The van der Waals surface area contributed by atoms with Crippen molar-refractivity contribution in [2.75, 3.05) is 5.32 Å². The summed E-state index contributed by atoms with van der Waals surface area (Å²) in [5.74, 6) is 0.834. The number of anilines is 1. The molecule has 2 aromatic rings. The minimum atomic E-state index is -0.0616. The first-order chi connectivity index (χ1) is 8.75. The summed E-state index contributed by atoms with van der Waals surface area (Å²) >= 11 is 0. The first kappa shape index (κ1) is 12.4. The first-order valence-corrected chi connectivity index (χ1v) is 5.84. The predicted octanol–water partition coefficient (Wildman–Crippen LogP) is 2.53. The van der Waals surface area contributed by atoms with Gasteiger partial charge in [0.2, 0.25) is 5.91 Å². The van der Waals surface area contributed by atoms with Crippen molar-refractivity contribution >= 4 is 11.6 Å². The maximum absolute atomic E-state index is 11.1. The van der Waals surface area contributed by atoms with Crippen molar-refractivity contribution in [1.29, 1.82) is 0 Å². The van der Waals surface area contributed by atoms with E-state index in [0.29, 0.717) is 13.1 Å². The Hall–Kier alpha value is -2.07. The number of benzene rings is 1. The fourth-order valence-corrected chi connectivity index (χ4v) is 1.72. The van der Waals surface area contributed by atoms with Crippen molar-refractivity contribution in [3.63, 3.8) is 0 Å². The van der Waals surface area contributed by atoms with Crippen molar-refractivity contribution in [2.45, 2.75) is 20.0 Å². The molecular formula is C14H16N2O2. The van der Waals surface area contributed by atoms with Gasteiger partial charge in [-0.15, -0.1) is 0 Å². The molecule has 0 aliphatic heterocycles. The Kier molecular flexibility index (Phi) is 4.15. The van der Waals surface area contributed by atoms with Crippen LogP contribution >= 0.6 is 0 Å². The van der Waals surface area contributed by atoms with Gasteiger partial charge in [0.15, 0.2) is 0 Å². The monoisotopic (exact) mass is 244 g/mol. The van der Waals surface area contributed by atoms with E-state index in [1.165, 1.54) is 6.92 Å². The van der Waals surface area contributed by atoms with E-state index in [1.54, 1.807) is 6.26 Å². The van der Waals surface area contributed by atoms with E-state index in [1.807, 2.05) is 36.4 Å². The lowest BCUT2D eigenvalue weighted by atomic mass is 10.1. The smallest absolute Gasteiger partial charge is 0.221 e. The van der Waals surface area contributed by atoms with Crippen molar-refractivity contribution in [3.8, 4) is 0 Å². The van der Waals surface area contributed by atoms with Crippen LogP contribution in [0.5, 0.6) is 0 Å². The molecule has 1 aromatic heterocycles. The highest BCUT2D eigenvalue weighted by molar-refractivity contribution is 5.89. The van der Waals surface area contributed by atoms with E-state index in [2.05, 4.69) is 10.6 Å². The molecule has 0 saturated carbocycles. The van der Waals surface area contributed by atoms with E-state index in [-0.39, 0.29) is 5.91 Å². The van der Waals surface area contributed by atoms with E-state index >= 15 is 0 Å². The van der Waals surface area contributed by atoms with Crippen LogP contribution in [0.1, 0.15) is 18.2 Å². The zero-order valence-corrected chi connectivity index (χ0v) is 10.3. The van der Waals surface area contributed by atoms with Gasteiger partial charge in [-0.05, 0) is 23.8 Å². The number of hydrogen-bond acceptors (Lipinski definition) is 3. The fraction of sp³-hybridized carbons (Fsp3) is 0.214. The van der Waals surface area contributed by atoms with Crippen molar-refractivity contribution in [3.05, 3.63) is 54.0 Å². The van der Waals surface area contributed by atoms with Gasteiger partial charge in [0.1, 0.15) is 5.76 Å². The Morgan fingerprint density at radius 2 is 2.00 bits per heavy atom. The summed E-state index contributed by atoms with van der Waals surface area (Å²) < 4.78 is 5.23. The third-order valence-electron chi connectivity index (χ3n) is 2.52. The molecule has 0 radical (unpaired) electrons. The minimum Gasteiger partial charge on any atom is -0.468 e. The number of hydrogen-bond donors (Lipinski definition) is 2. The molecule has 0 spiro atoms. The van der Waals surface area contributed by atoms with Crippen LogP contribution in [0.15, 0.2) is 47.1 Å². The molecule has 4 heteroatoms. The van der Waals surface area contributed by atoms with Crippen LogP contribution in [0.2, 0.25) is 0 Å². The molecule has 2 rings (SSSR count). The van der Waals surface area contributed by atoms with Gasteiger partial charge in [-0.1, -0.05) is 18.2 Å². The number of carbonyl (C=O) groups is 1. The number of para-hydroxylation sites is 1. The van der Waals surface area contributed by atoms with Gasteiger partial charge in [0, 0.05) is 19.2 Å². The van der Waals surface area contributed by atoms with Gasteiger partial charge in [-0.25, -0.2) is 0 Å². The van der Waals surface area contributed by atoms with Gasteiger partial charge in [0.05, 0.1) is 12.8 Å². The summed E-state index contributed by atoms with van der Waals surface area (Å²) in [6.07, 6.45) is 1.66.